The molecule has 2 fully saturated rings. The van der Waals surface area contributed by atoms with Crippen LogP contribution in [0.5, 0.6) is 0 Å². The van der Waals surface area contributed by atoms with E-state index in [9.17, 15) is 13.2 Å². The van der Waals surface area contributed by atoms with Crippen LogP contribution in [-0.4, -0.2) is 106 Å². The number of sulfonamides is 1. The number of hydrogen-bond acceptors (Lipinski definition) is 8. The maximum Gasteiger partial charge on any atom is 0.238 e. The van der Waals surface area contributed by atoms with Crippen molar-refractivity contribution in [2.24, 2.45) is 0 Å². The van der Waals surface area contributed by atoms with E-state index in [-0.39, 0.29) is 12.5 Å². The number of likely N-dealkylation sites (N-methyl/N-ethyl adjacent to an activating group) is 1. The highest BCUT2D eigenvalue weighted by Crippen LogP contribution is 2.21. The highest BCUT2D eigenvalue weighted by atomic mass is 32.2. The summed E-state index contributed by atoms with van der Waals surface area (Å²) in [5.41, 5.74) is 0.979. The summed E-state index contributed by atoms with van der Waals surface area (Å²) >= 11 is 0. The van der Waals surface area contributed by atoms with E-state index in [4.69, 9.17) is 4.74 Å². The number of ether oxygens (including phenoxy) is 1. The molecule has 150 valence electrons. The molecule has 2 aliphatic rings. The van der Waals surface area contributed by atoms with Crippen LogP contribution in [-0.2, 0) is 19.6 Å². The number of nitrogens with zero attached hydrogens (tertiary/aromatic N) is 6. The van der Waals surface area contributed by atoms with E-state index in [1.807, 2.05) is 6.07 Å². The van der Waals surface area contributed by atoms with Gasteiger partial charge in [0, 0.05) is 52.4 Å². The molecule has 27 heavy (non-hydrogen) atoms. The molecular formula is C16H26N6O4S. The molecule has 0 bridgehead atoms. The molecule has 11 heteroatoms. The van der Waals surface area contributed by atoms with Gasteiger partial charge in [-0.2, -0.15) is 9.40 Å². The minimum absolute atomic E-state index is 0.128. The van der Waals surface area contributed by atoms with Crippen molar-refractivity contribution in [3.05, 3.63) is 12.3 Å². The molecule has 2 aliphatic heterocycles. The van der Waals surface area contributed by atoms with Crippen molar-refractivity contribution in [1.82, 2.24) is 19.4 Å². The lowest BCUT2D eigenvalue weighted by Crippen LogP contribution is -2.51. The molecule has 0 aliphatic carbocycles. The number of carbonyl (C=O) groups excluding carboxylic acids is 1. The zero-order valence-corrected chi connectivity index (χ0v) is 16.6. The predicted molar refractivity (Wildman–Crippen MR) is 101 cm³/mol. The quantitative estimate of drug-likeness (QED) is 0.613. The number of rotatable bonds is 5. The number of aromatic nitrogens is 2. The maximum atomic E-state index is 12.3. The molecule has 3 heterocycles. The van der Waals surface area contributed by atoms with E-state index < -0.39 is 10.0 Å². The Labute approximate surface area is 159 Å². The predicted octanol–water partition coefficient (Wildman–Crippen LogP) is -1.15. The van der Waals surface area contributed by atoms with Gasteiger partial charge in [-0.05, 0) is 0 Å². The zero-order chi connectivity index (χ0) is 19.4. The van der Waals surface area contributed by atoms with Crippen molar-refractivity contribution in [3.8, 4) is 0 Å². The minimum Gasteiger partial charge on any atom is -0.378 e. The SMILES string of the molecule is CN(CC(=O)N1CCN(c2cnnc(N3CCOCC3)c2)CC1)S(C)(=O)=O. The van der Waals surface area contributed by atoms with Crippen molar-refractivity contribution < 1.29 is 17.9 Å². The summed E-state index contributed by atoms with van der Waals surface area (Å²) in [6.07, 6.45) is 2.83. The zero-order valence-electron chi connectivity index (χ0n) is 15.7. The Bertz CT molecular complexity index is 760. The first kappa shape index (κ1) is 19.8. The van der Waals surface area contributed by atoms with Crippen LogP contribution in [0.4, 0.5) is 11.5 Å². The molecule has 3 rings (SSSR count). The molecule has 1 amide bonds. The molecule has 0 atom stereocenters. The van der Waals surface area contributed by atoms with Gasteiger partial charge in [0.15, 0.2) is 5.82 Å². The summed E-state index contributed by atoms with van der Waals surface area (Å²) in [6.45, 7) is 5.28. The smallest absolute Gasteiger partial charge is 0.238 e. The Morgan fingerprint density at radius 1 is 1.15 bits per heavy atom. The molecule has 10 nitrogen and oxygen atoms in total. The summed E-state index contributed by atoms with van der Waals surface area (Å²) in [7, 11) is -1.94. The molecule has 1 aromatic heterocycles. The maximum absolute atomic E-state index is 12.3. The molecule has 1 aromatic rings. The number of hydrogen-bond donors (Lipinski definition) is 0. The highest BCUT2D eigenvalue weighted by Gasteiger charge is 2.25. The Morgan fingerprint density at radius 2 is 1.81 bits per heavy atom. The van der Waals surface area contributed by atoms with Gasteiger partial charge in [-0.1, -0.05) is 0 Å². The third kappa shape index (κ3) is 5.05. The minimum atomic E-state index is -3.36. The number of morpholine rings is 1. The van der Waals surface area contributed by atoms with Gasteiger partial charge in [0.1, 0.15) is 0 Å². The van der Waals surface area contributed by atoms with Gasteiger partial charge in [-0.25, -0.2) is 8.42 Å². The van der Waals surface area contributed by atoms with Crippen molar-refractivity contribution in [2.45, 2.75) is 0 Å². The molecule has 0 N–H and O–H groups in total. The Kier molecular flexibility index (Phi) is 6.12. The normalized spacial score (nSPS) is 18.9. The fraction of sp³-hybridized carbons (Fsp3) is 0.688. The lowest BCUT2D eigenvalue weighted by atomic mass is 10.2. The van der Waals surface area contributed by atoms with E-state index in [0.29, 0.717) is 39.4 Å². The lowest BCUT2D eigenvalue weighted by Gasteiger charge is -2.36. The van der Waals surface area contributed by atoms with Crippen LogP contribution in [0, 0.1) is 0 Å². The fourth-order valence-corrected chi connectivity index (χ4v) is 3.43. The van der Waals surface area contributed by atoms with Crippen molar-refractivity contribution in [1.29, 1.82) is 0 Å². The van der Waals surface area contributed by atoms with Crippen LogP contribution in [0.2, 0.25) is 0 Å². The first-order chi connectivity index (χ1) is 12.8. The van der Waals surface area contributed by atoms with Crippen LogP contribution < -0.4 is 9.80 Å². The van der Waals surface area contributed by atoms with Crippen LogP contribution in [0.25, 0.3) is 0 Å². The van der Waals surface area contributed by atoms with E-state index >= 15 is 0 Å². The van der Waals surface area contributed by atoms with Gasteiger partial charge in [-0.3, -0.25) is 4.79 Å². The fourth-order valence-electron chi connectivity index (χ4n) is 3.09. The van der Waals surface area contributed by atoms with Crippen molar-refractivity contribution in [3.63, 3.8) is 0 Å². The largest absolute Gasteiger partial charge is 0.378 e. The average molecular weight is 398 g/mol. The molecule has 2 saturated heterocycles. The monoisotopic (exact) mass is 398 g/mol. The number of piperazine rings is 1. The summed E-state index contributed by atoms with van der Waals surface area (Å²) in [5.74, 6) is 0.661. The first-order valence-corrected chi connectivity index (χ1v) is 10.8. The third-order valence-electron chi connectivity index (χ3n) is 4.88. The van der Waals surface area contributed by atoms with Crippen LogP contribution >= 0.6 is 0 Å². The second-order valence-electron chi connectivity index (χ2n) is 6.76. The Balaban J connectivity index is 1.57. The van der Waals surface area contributed by atoms with Gasteiger partial charge in [0.25, 0.3) is 0 Å². The summed E-state index contributed by atoms with van der Waals surface area (Å²) in [5, 5.41) is 8.35. The summed E-state index contributed by atoms with van der Waals surface area (Å²) in [4.78, 5) is 18.3. The molecular weight excluding hydrogens is 372 g/mol. The number of carbonyl (C=O) groups is 1. The lowest BCUT2D eigenvalue weighted by molar-refractivity contribution is -0.131. The second-order valence-corrected chi connectivity index (χ2v) is 8.85. The molecule has 0 radical (unpaired) electrons. The average Bonchev–Trinajstić information content (AvgIpc) is 2.68. The topological polar surface area (TPSA) is 99.2 Å². The van der Waals surface area contributed by atoms with Gasteiger partial charge in [-0.15, -0.1) is 5.10 Å². The van der Waals surface area contributed by atoms with Crippen molar-refractivity contribution in [2.75, 3.05) is 82.1 Å². The van der Waals surface area contributed by atoms with Gasteiger partial charge < -0.3 is 19.4 Å². The standard InChI is InChI=1S/C16H26N6O4S/c1-19(27(2,24)25)13-16(23)22-5-3-20(4-6-22)14-11-15(18-17-12-14)21-7-9-26-10-8-21/h11-12H,3-10,13H2,1-2H3. The van der Waals surface area contributed by atoms with Gasteiger partial charge in [0.05, 0.1) is 37.9 Å². The number of amides is 1. The molecule has 0 aromatic carbocycles. The van der Waals surface area contributed by atoms with Crippen LogP contribution in [0.1, 0.15) is 0 Å². The third-order valence-corrected chi connectivity index (χ3v) is 6.15. The van der Waals surface area contributed by atoms with E-state index in [2.05, 4.69) is 20.0 Å². The summed E-state index contributed by atoms with van der Waals surface area (Å²) in [6, 6.07) is 2.02. The molecule has 0 spiro atoms. The van der Waals surface area contributed by atoms with Gasteiger partial charge >= 0.3 is 0 Å². The molecule has 0 unspecified atom stereocenters. The van der Waals surface area contributed by atoms with Gasteiger partial charge in [0.2, 0.25) is 15.9 Å². The van der Waals surface area contributed by atoms with Crippen LogP contribution in [0.15, 0.2) is 12.3 Å². The summed E-state index contributed by atoms with van der Waals surface area (Å²) < 4.78 is 29.4. The Hall–Kier alpha value is -1.98. The molecule has 0 saturated carbocycles. The highest BCUT2D eigenvalue weighted by molar-refractivity contribution is 7.88. The number of anilines is 2. The van der Waals surface area contributed by atoms with E-state index in [1.54, 1.807) is 11.1 Å². The Morgan fingerprint density at radius 3 is 2.44 bits per heavy atom. The van der Waals surface area contributed by atoms with Crippen molar-refractivity contribution >= 4 is 27.4 Å². The second kappa shape index (κ2) is 8.36. The van der Waals surface area contributed by atoms with Crippen LogP contribution in [0.3, 0.4) is 0 Å². The van der Waals surface area contributed by atoms with E-state index in [0.717, 1.165) is 35.2 Å². The first-order valence-electron chi connectivity index (χ1n) is 8.94. The van der Waals surface area contributed by atoms with E-state index in [1.165, 1.54) is 7.05 Å².